The summed E-state index contributed by atoms with van der Waals surface area (Å²) in [6, 6.07) is 12.9. The van der Waals surface area contributed by atoms with Crippen molar-refractivity contribution in [3.63, 3.8) is 0 Å². The smallest absolute Gasteiger partial charge is 0.251 e. The van der Waals surface area contributed by atoms with Crippen molar-refractivity contribution in [2.45, 2.75) is 32.9 Å². The molecule has 0 aliphatic heterocycles. The van der Waals surface area contributed by atoms with Crippen LogP contribution in [-0.2, 0) is 0 Å². The number of hydrogen-bond donors (Lipinski definition) is 3. The maximum absolute atomic E-state index is 12.7. The van der Waals surface area contributed by atoms with E-state index in [0.717, 1.165) is 16.7 Å². The fourth-order valence-corrected chi connectivity index (χ4v) is 2.77. The first kappa shape index (κ1) is 19.7. The van der Waals surface area contributed by atoms with Crippen LogP contribution in [0.25, 0.3) is 16.8 Å². The topological polar surface area (TPSA) is 113 Å². The Morgan fingerprint density at radius 1 is 1.14 bits per heavy atom. The van der Waals surface area contributed by atoms with Crippen LogP contribution < -0.4 is 5.32 Å². The average Bonchev–Trinajstić information content (AvgIpc) is 3.18. The van der Waals surface area contributed by atoms with Crippen molar-refractivity contribution >= 4 is 5.91 Å². The third-order valence-corrected chi connectivity index (χ3v) is 4.33. The molecule has 0 saturated heterocycles. The maximum Gasteiger partial charge on any atom is 0.251 e. The zero-order valence-electron chi connectivity index (χ0n) is 16.0. The number of rotatable bonds is 6. The van der Waals surface area contributed by atoms with Crippen LogP contribution >= 0.6 is 0 Å². The Hall–Kier alpha value is -3.10. The summed E-state index contributed by atoms with van der Waals surface area (Å²) in [5.74, 6) is -0.0421. The predicted molar refractivity (Wildman–Crippen MR) is 104 cm³/mol. The van der Waals surface area contributed by atoms with Gasteiger partial charge in [0.1, 0.15) is 6.10 Å². The summed E-state index contributed by atoms with van der Waals surface area (Å²) in [7, 11) is 0. The van der Waals surface area contributed by atoms with Crippen molar-refractivity contribution in [2.75, 3.05) is 6.61 Å². The van der Waals surface area contributed by atoms with Gasteiger partial charge >= 0.3 is 0 Å². The number of aliphatic hydroxyl groups excluding tert-OH is 2. The van der Waals surface area contributed by atoms with E-state index in [4.69, 9.17) is 0 Å². The van der Waals surface area contributed by atoms with E-state index in [2.05, 4.69) is 20.8 Å². The van der Waals surface area contributed by atoms with Crippen LogP contribution in [0, 0.1) is 6.92 Å². The minimum atomic E-state index is -0.871. The number of aromatic nitrogens is 4. The van der Waals surface area contributed by atoms with Crippen LogP contribution in [-0.4, -0.2) is 49.0 Å². The Morgan fingerprint density at radius 3 is 2.50 bits per heavy atom. The molecule has 1 amide bonds. The number of carbonyl (C=O) groups is 1. The highest BCUT2D eigenvalue weighted by Gasteiger charge is 2.17. The Labute approximate surface area is 162 Å². The van der Waals surface area contributed by atoms with E-state index in [1.54, 1.807) is 26.0 Å². The molecule has 0 fully saturated rings. The number of benzene rings is 2. The molecule has 8 nitrogen and oxygen atoms in total. The summed E-state index contributed by atoms with van der Waals surface area (Å²) >= 11 is 0. The first-order valence-corrected chi connectivity index (χ1v) is 8.99. The van der Waals surface area contributed by atoms with Crippen LogP contribution in [0.2, 0.25) is 0 Å². The third kappa shape index (κ3) is 4.24. The second-order valence-electron chi connectivity index (χ2n) is 6.82. The lowest BCUT2D eigenvalue weighted by molar-refractivity contribution is 0.0922. The lowest BCUT2D eigenvalue weighted by atomic mass is 10.0. The van der Waals surface area contributed by atoms with Crippen molar-refractivity contribution in [1.29, 1.82) is 0 Å². The van der Waals surface area contributed by atoms with Gasteiger partial charge in [0.15, 0.2) is 5.82 Å². The largest absolute Gasteiger partial charge is 0.394 e. The molecule has 0 saturated carbocycles. The van der Waals surface area contributed by atoms with E-state index in [0.29, 0.717) is 11.3 Å². The average molecular weight is 381 g/mol. The molecule has 3 aromatic rings. The molecular formula is C20H23N5O3. The van der Waals surface area contributed by atoms with Crippen LogP contribution in [0.3, 0.4) is 0 Å². The summed E-state index contributed by atoms with van der Waals surface area (Å²) in [5, 5.41) is 33.4. The van der Waals surface area contributed by atoms with Gasteiger partial charge in [0.2, 0.25) is 0 Å². The lowest BCUT2D eigenvalue weighted by Crippen LogP contribution is -2.35. The van der Waals surface area contributed by atoms with Crippen LogP contribution in [0.1, 0.15) is 41.7 Å². The van der Waals surface area contributed by atoms with Crippen molar-refractivity contribution < 1.29 is 15.0 Å². The highest BCUT2D eigenvalue weighted by Crippen LogP contribution is 2.26. The minimum Gasteiger partial charge on any atom is -0.394 e. The van der Waals surface area contributed by atoms with Gasteiger partial charge < -0.3 is 15.5 Å². The molecule has 1 unspecified atom stereocenters. The van der Waals surface area contributed by atoms with Crippen molar-refractivity contribution in [3.8, 4) is 16.8 Å². The van der Waals surface area contributed by atoms with E-state index in [1.165, 1.54) is 4.68 Å². The van der Waals surface area contributed by atoms with Gasteiger partial charge in [-0.15, -0.1) is 5.10 Å². The Balaban J connectivity index is 2.12. The summed E-state index contributed by atoms with van der Waals surface area (Å²) in [5.41, 5.74) is 3.84. The van der Waals surface area contributed by atoms with Gasteiger partial charge in [-0.25, -0.2) is 0 Å². The van der Waals surface area contributed by atoms with Gasteiger partial charge in [-0.3, -0.25) is 4.79 Å². The number of aliphatic hydroxyl groups is 2. The molecule has 0 radical (unpaired) electrons. The minimum absolute atomic E-state index is 0.157. The Bertz CT molecular complexity index is 966. The van der Waals surface area contributed by atoms with Gasteiger partial charge in [0.25, 0.3) is 5.91 Å². The van der Waals surface area contributed by atoms with Gasteiger partial charge in [-0.2, -0.15) is 4.68 Å². The number of amides is 1. The molecule has 2 aromatic carbocycles. The molecule has 0 aliphatic carbocycles. The summed E-state index contributed by atoms with van der Waals surface area (Å²) in [6.45, 7) is 5.14. The van der Waals surface area contributed by atoms with Gasteiger partial charge in [-0.05, 0) is 60.5 Å². The SMILES string of the molecule is Cc1ccc(-c2cc(C(=O)N[C@H](C)CO)cc(-n3nnnc3C(C)O)c2)cc1. The first-order valence-electron chi connectivity index (χ1n) is 8.99. The zero-order valence-corrected chi connectivity index (χ0v) is 16.0. The molecule has 8 heteroatoms. The predicted octanol–water partition coefficient (Wildman–Crippen LogP) is 1.80. The van der Waals surface area contributed by atoms with E-state index in [-0.39, 0.29) is 24.4 Å². The van der Waals surface area contributed by atoms with Gasteiger partial charge in [0, 0.05) is 11.6 Å². The van der Waals surface area contributed by atoms with Gasteiger partial charge in [-0.1, -0.05) is 29.8 Å². The molecule has 1 aromatic heterocycles. The monoisotopic (exact) mass is 381 g/mol. The summed E-state index contributed by atoms with van der Waals surface area (Å²) in [6.07, 6.45) is -0.871. The molecule has 28 heavy (non-hydrogen) atoms. The zero-order chi connectivity index (χ0) is 20.3. The molecule has 0 aliphatic rings. The molecule has 2 atom stereocenters. The third-order valence-electron chi connectivity index (χ3n) is 4.33. The van der Waals surface area contributed by atoms with E-state index in [9.17, 15) is 15.0 Å². The van der Waals surface area contributed by atoms with E-state index in [1.807, 2.05) is 37.3 Å². The van der Waals surface area contributed by atoms with Crippen molar-refractivity contribution in [3.05, 3.63) is 59.4 Å². The number of nitrogens with zero attached hydrogens (tertiary/aromatic N) is 4. The quantitative estimate of drug-likeness (QED) is 0.600. The standard InChI is InChI=1S/C20H23N5O3/c1-12-4-6-15(7-5-12)16-8-17(20(28)21-13(2)11-26)10-18(9-16)25-19(14(3)27)22-23-24-25/h4-10,13-14,26-27H,11H2,1-3H3,(H,21,28)/t13-,14?/m1/s1. The molecule has 0 spiro atoms. The number of tetrazole rings is 1. The fourth-order valence-electron chi connectivity index (χ4n) is 2.77. The van der Waals surface area contributed by atoms with Crippen molar-refractivity contribution in [1.82, 2.24) is 25.5 Å². The number of hydrogen-bond acceptors (Lipinski definition) is 6. The lowest BCUT2D eigenvalue weighted by Gasteiger charge is -2.14. The highest BCUT2D eigenvalue weighted by molar-refractivity contribution is 5.96. The van der Waals surface area contributed by atoms with Gasteiger partial charge in [0.05, 0.1) is 12.3 Å². The Kier molecular flexibility index (Phi) is 5.81. The molecular weight excluding hydrogens is 358 g/mol. The fraction of sp³-hybridized carbons (Fsp3) is 0.300. The number of aryl methyl sites for hydroxylation is 1. The molecule has 3 N–H and O–H groups in total. The second kappa shape index (κ2) is 8.28. The van der Waals surface area contributed by atoms with E-state index < -0.39 is 6.10 Å². The molecule has 0 bridgehead atoms. The molecule has 146 valence electrons. The molecule has 3 rings (SSSR count). The summed E-state index contributed by atoms with van der Waals surface area (Å²) in [4.78, 5) is 12.7. The normalized spacial score (nSPS) is 13.2. The highest BCUT2D eigenvalue weighted by atomic mass is 16.3. The van der Waals surface area contributed by atoms with E-state index >= 15 is 0 Å². The van der Waals surface area contributed by atoms with Crippen LogP contribution in [0.15, 0.2) is 42.5 Å². The van der Waals surface area contributed by atoms with Crippen molar-refractivity contribution in [2.24, 2.45) is 0 Å². The first-order chi connectivity index (χ1) is 13.4. The second-order valence-corrected chi connectivity index (χ2v) is 6.82. The number of nitrogens with one attached hydrogen (secondary N) is 1. The maximum atomic E-state index is 12.7. The summed E-state index contributed by atoms with van der Waals surface area (Å²) < 4.78 is 1.41. The van der Waals surface area contributed by atoms with Crippen LogP contribution in [0.4, 0.5) is 0 Å². The molecule has 1 heterocycles. The number of carbonyl (C=O) groups excluding carboxylic acids is 1. The Morgan fingerprint density at radius 2 is 1.86 bits per heavy atom. The van der Waals surface area contributed by atoms with Crippen LogP contribution in [0.5, 0.6) is 0 Å².